The van der Waals surface area contributed by atoms with Crippen LogP contribution in [0.15, 0.2) is 36.9 Å². The summed E-state index contributed by atoms with van der Waals surface area (Å²) in [6.45, 7) is 2.83. The van der Waals surface area contributed by atoms with E-state index < -0.39 is 0 Å². The third kappa shape index (κ3) is 3.04. The van der Waals surface area contributed by atoms with E-state index in [-0.39, 0.29) is 6.04 Å². The summed E-state index contributed by atoms with van der Waals surface area (Å²) in [7, 11) is 0. The van der Waals surface area contributed by atoms with E-state index in [0.29, 0.717) is 4.99 Å². The zero-order valence-corrected chi connectivity index (χ0v) is 10.9. The lowest BCUT2D eigenvalue weighted by Crippen LogP contribution is -2.24. The number of nitrogens with zero attached hydrogens (tertiary/aromatic N) is 3. The molecule has 94 valence electrons. The van der Waals surface area contributed by atoms with Crippen molar-refractivity contribution in [2.75, 3.05) is 5.32 Å². The zero-order valence-electron chi connectivity index (χ0n) is 10.1. The molecule has 0 saturated heterocycles. The van der Waals surface area contributed by atoms with Gasteiger partial charge in [-0.2, -0.15) is 5.10 Å². The zero-order chi connectivity index (χ0) is 13.0. The van der Waals surface area contributed by atoms with E-state index in [1.54, 1.807) is 18.6 Å². The summed E-state index contributed by atoms with van der Waals surface area (Å²) in [4.78, 5) is 4.44. The van der Waals surface area contributed by atoms with E-state index in [4.69, 9.17) is 18.0 Å². The third-order valence-corrected chi connectivity index (χ3v) is 2.73. The maximum absolute atomic E-state index is 5.67. The Labute approximate surface area is 111 Å². The van der Waals surface area contributed by atoms with E-state index >= 15 is 0 Å². The van der Waals surface area contributed by atoms with Crippen LogP contribution in [0.25, 0.3) is 0 Å². The average molecular weight is 261 g/mol. The lowest BCUT2D eigenvalue weighted by atomic mass is 10.2. The normalized spacial score (nSPS) is 12.1. The van der Waals surface area contributed by atoms with E-state index in [0.717, 1.165) is 17.8 Å². The van der Waals surface area contributed by atoms with Crippen molar-refractivity contribution in [3.05, 3.63) is 42.5 Å². The number of aromatic nitrogens is 3. The number of rotatable bonds is 5. The number of hydrogen-bond donors (Lipinski definition) is 2. The minimum atomic E-state index is 0.196. The maximum atomic E-state index is 5.67. The molecule has 2 aromatic rings. The predicted octanol–water partition coefficient (Wildman–Crippen LogP) is 1.41. The molecule has 0 saturated carbocycles. The van der Waals surface area contributed by atoms with Crippen LogP contribution >= 0.6 is 12.2 Å². The molecule has 0 spiro atoms. The van der Waals surface area contributed by atoms with Crippen LogP contribution in [0.3, 0.4) is 0 Å². The summed E-state index contributed by atoms with van der Waals surface area (Å²) < 4.78 is 1.87. The van der Waals surface area contributed by atoms with Crippen molar-refractivity contribution in [3.8, 4) is 0 Å². The minimum Gasteiger partial charge on any atom is -0.389 e. The largest absolute Gasteiger partial charge is 0.389 e. The summed E-state index contributed by atoms with van der Waals surface area (Å²) in [6, 6.07) is 3.91. The molecular formula is C12H15N5S. The number of nitrogens with one attached hydrogen (secondary N) is 1. The quantitative estimate of drug-likeness (QED) is 0.797. The molecule has 0 amide bonds. The molecule has 2 heterocycles. The third-order valence-electron chi connectivity index (χ3n) is 2.51. The molecule has 0 radical (unpaired) electrons. The summed E-state index contributed by atoms with van der Waals surface area (Å²) in [5.74, 6) is 0. The van der Waals surface area contributed by atoms with Gasteiger partial charge in [0, 0.05) is 30.2 Å². The van der Waals surface area contributed by atoms with Gasteiger partial charge in [0.15, 0.2) is 0 Å². The lowest BCUT2D eigenvalue weighted by Gasteiger charge is -2.17. The Hall–Kier alpha value is -1.95. The molecule has 0 aliphatic rings. The van der Waals surface area contributed by atoms with Gasteiger partial charge in [0.2, 0.25) is 0 Å². The molecule has 1 atom stereocenters. The van der Waals surface area contributed by atoms with Gasteiger partial charge in [-0.3, -0.25) is 9.67 Å². The Morgan fingerprint density at radius 1 is 1.56 bits per heavy atom. The number of pyridine rings is 1. The van der Waals surface area contributed by atoms with Crippen LogP contribution in [0.1, 0.15) is 12.5 Å². The molecule has 0 aliphatic carbocycles. The molecule has 0 aliphatic heterocycles. The smallest absolute Gasteiger partial charge is 0.106 e. The van der Waals surface area contributed by atoms with Crippen LogP contribution in [-0.4, -0.2) is 25.8 Å². The summed E-state index contributed by atoms with van der Waals surface area (Å²) in [5.41, 5.74) is 7.34. The van der Waals surface area contributed by atoms with Gasteiger partial charge >= 0.3 is 0 Å². The fourth-order valence-electron chi connectivity index (χ4n) is 1.72. The minimum absolute atomic E-state index is 0.196. The Bertz CT molecular complexity index is 523. The molecule has 5 nitrogen and oxygen atoms in total. The van der Waals surface area contributed by atoms with Gasteiger partial charge in [-0.05, 0) is 19.1 Å². The first kappa shape index (κ1) is 12.5. The fourth-order valence-corrected chi connectivity index (χ4v) is 1.90. The van der Waals surface area contributed by atoms with E-state index in [1.165, 1.54) is 0 Å². The molecule has 18 heavy (non-hydrogen) atoms. The van der Waals surface area contributed by atoms with Crippen molar-refractivity contribution < 1.29 is 0 Å². The molecule has 0 aromatic carbocycles. The first-order valence-corrected chi connectivity index (χ1v) is 6.05. The Balaban J connectivity index is 2.07. The first-order chi connectivity index (χ1) is 8.66. The van der Waals surface area contributed by atoms with Gasteiger partial charge in [0.1, 0.15) is 4.99 Å². The van der Waals surface area contributed by atoms with Crippen LogP contribution in [0, 0.1) is 0 Å². The van der Waals surface area contributed by atoms with Crippen molar-refractivity contribution in [1.82, 2.24) is 14.8 Å². The second kappa shape index (κ2) is 5.59. The van der Waals surface area contributed by atoms with E-state index in [2.05, 4.69) is 22.3 Å². The number of nitrogens with two attached hydrogens (primary N) is 1. The molecule has 6 heteroatoms. The number of hydrogen-bond acceptors (Lipinski definition) is 4. The molecule has 3 N–H and O–H groups in total. The van der Waals surface area contributed by atoms with Crippen molar-refractivity contribution in [1.29, 1.82) is 0 Å². The Morgan fingerprint density at radius 2 is 2.39 bits per heavy atom. The highest BCUT2D eigenvalue weighted by Gasteiger charge is 2.08. The van der Waals surface area contributed by atoms with Crippen LogP contribution < -0.4 is 11.1 Å². The maximum Gasteiger partial charge on any atom is 0.106 e. The second-order valence-electron chi connectivity index (χ2n) is 4.06. The summed E-state index contributed by atoms with van der Waals surface area (Å²) in [5, 5.41) is 7.51. The van der Waals surface area contributed by atoms with Crippen LogP contribution in [0.2, 0.25) is 0 Å². The van der Waals surface area contributed by atoms with Crippen molar-refractivity contribution in [2.45, 2.75) is 19.5 Å². The highest BCUT2D eigenvalue weighted by atomic mass is 32.1. The SMILES string of the molecule is CC(Cn1cccn1)Nc1cnccc1C(N)=S. The summed E-state index contributed by atoms with van der Waals surface area (Å²) in [6.07, 6.45) is 7.10. The van der Waals surface area contributed by atoms with Crippen molar-refractivity contribution >= 4 is 22.9 Å². The fraction of sp³-hybridized carbons (Fsp3) is 0.250. The second-order valence-corrected chi connectivity index (χ2v) is 4.50. The van der Waals surface area contributed by atoms with E-state index in [9.17, 15) is 0 Å². The highest BCUT2D eigenvalue weighted by molar-refractivity contribution is 7.80. The molecule has 2 rings (SSSR count). The molecule has 1 unspecified atom stereocenters. The standard InChI is InChI=1S/C12H15N5S/c1-9(8-17-6-2-4-15-17)16-11-7-14-5-3-10(11)12(13)18/h2-7,9,16H,8H2,1H3,(H2,13,18). The monoisotopic (exact) mass is 261 g/mol. The Kier molecular flexibility index (Phi) is 3.88. The van der Waals surface area contributed by atoms with Gasteiger partial charge in [0.05, 0.1) is 18.4 Å². The van der Waals surface area contributed by atoms with Gasteiger partial charge in [-0.15, -0.1) is 0 Å². The van der Waals surface area contributed by atoms with E-state index in [1.807, 2.05) is 23.0 Å². The lowest BCUT2D eigenvalue weighted by molar-refractivity contribution is 0.560. The number of thiocarbonyl (C=S) groups is 1. The molecule has 0 fully saturated rings. The van der Waals surface area contributed by atoms with Gasteiger partial charge in [-0.1, -0.05) is 12.2 Å². The predicted molar refractivity (Wildman–Crippen MR) is 75.4 cm³/mol. The molecule has 2 aromatic heterocycles. The van der Waals surface area contributed by atoms with Crippen LogP contribution in [0.5, 0.6) is 0 Å². The number of anilines is 1. The highest BCUT2D eigenvalue weighted by Crippen LogP contribution is 2.14. The van der Waals surface area contributed by atoms with Crippen molar-refractivity contribution in [3.63, 3.8) is 0 Å². The summed E-state index contributed by atoms with van der Waals surface area (Å²) >= 11 is 5.01. The van der Waals surface area contributed by atoms with Gasteiger partial charge in [-0.25, -0.2) is 0 Å². The average Bonchev–Trinajstić information content (AvgIpc) is 2.82. The van der Waals surface area contributed by atoms with Crippen LogP contribution in [0.4, 0.5) is 5.69 Å². The van der Waals surface area contributed by atoms with Crippen LogP contribution in [-0.2, 0) is 6.54 Å². The molecule has 0 bridgehead atoms. The van der Waals surface area contributed by atoms with Crippen molar-refractivity contribution in [2.24, 2.45) is 5.73 Å². The topological polar surface area (TPSA) is 68.8 Å². The molecular weight excluding hydrogens is 246 g/mol. The van der Waals surface area contributed by atoms with Gasteiger partial charge in [0.25, 0.3) is 0 Å². The Morgan fingerprint density at radius 3 is 3.06 bits per heavy atom. The van der Waals surface area contributed by atoms with Gasteiger partial charge < -0.3 is 11.1 Å². The first-order valence-electron chi connectivity index (χ1n) is 5.64.